The van der Waals surface area contributed by atoms with Crippen molar-refractivity contribution < 1.29 is 34.2 Å². The van der Waals surface area contributed by atoms with Gasteiger partial charge in [-0.1, -0.05) is 20.3 Å². The number of likely N-dealkylation sites (tertiary alicyclic amines) is 1. The number of carbonyl (C=O) groups is 5. The summed E-state index contributed by atoms with van der Waals surface area (Å²) >= 11 is 3.95. The number of aliphatic carboxylic acids is 2. The summed E-state index contributed by atoms with van der Waals surface area (Å²) in [4.78, 5) is 61.5. The van der Waals surface area contributed by atoms with Gasteiger partial charge in [0, 0.05) is 12.3 Å². The molecule has 0 radical (unpaired) electrons. The average Bonchev–Trinajstić information content (AvgIpc) is 3.19. The lowest BCUT2D eigenvalue weighted by atomic mass is 9.97. The zero-order valence-corrected chi connectivity index (χ0v) is 17.9. The molecular weight excluding hydrogens is 416 g/mol. The number of rotatable bonds is 11. The minimum absolute atomic E-state index is 0.0618. The van der Waals surface area contributed by atoms with Crippen LogP contribution in [0.5, 0.6) is 0 Å². The Morgan fingerprint density at radius 1 is 1.17 bits per heavy atom. The van der Waals surface area contributed by atoms with E-state index in [0.717, 1.165) is 4.90 Å². The Balaban J connectivity index is 3.03. The fourth-order valence-corrected chi connectivity index (χ4v) is 3.33. The normalized spacial score (nSPS) is 20.0. The van der Waals surface area contributed by atoms with Gasteiger partial charge in [-0.3, -0.25) is 19.2 Å². The van der Waals surface area contributed by atoms with Crippen LogP contribution in [0.2, 0.25) is 0 Å². The van der Waals surface area contributed by atoms with Crippen molar-refractivity contribution >= 4 is 42.3 Å². The molecule has 0 bridgehead atoms. The summed E-state index contributed by atoms with van der Waals surface area (Å²) in [7, 11) is 0. The second-order valence-corrected chi connectivity index (χ2v) is 7.71. The molecule has 0 aromatic carbocycles. The number of nitrogens with zero attached hydrogens (tertiary/aromatic N) is 1. The van der Waals surface area contributed by atoms with Crippen LogP contribution in [0.1, 0.15) is 39.5 Å². The van der Waals surface area contributed by atoms with Gasteiger partial charge in [0.15, 0.2) is 0 Å². The molecule has 0 aromatic heterocycles. The zero-order chi connectivity index (χ0) is 23.0. The van der Waals surface area contributed by atoms with Crippen molar-refractivity contribution in [1.82, 2.24) is 15.5 Å². The summed E-state index contributed by atoms with van der Waals surface area (Å²) in [5, 5.41) is 23.4. The van der Waals surface area contributed by atoms with E-state index in [2.05, 4.69) is 23.3 Å². The maximum Gasteiger partial charge on any atom is 0.326 e. The quantitative estimate of drug-likeness (QED) is 0.214. The Bertz CT molecular complexity index is 675. The first-order valence-electron chi connectivity index (χ1n) is 9.75. The molecule has 5 atom stereocenters. The molecule has 3 amide bonds. The minimum Gasteiger partial charge on any atom is -0.481 e. The van der Waals surface area contributed by atoms with Gasteiger partial charge in [0.05, 0.1) is 12.5 Å². The monoisotopic (exact) mass is 446 g/mol. The Kier molecular flexibility index (Phi) is 10.1. The summed E-state index contributed by atoms with van der Waals surface area (Å²) in [5.74, 6) is -4.91. The average molecular weight is 447 g/mol. The molecule has 1 rings (SSSR count). The van der Waals surface area contributed by atoms with E-state index >= 15 is 0 Å². The first-order valence-corrected chi connectivity index (χ1v) is 10.4. The number of carbonyl (C=O) groups excluding carboxylic acids is 3. The van der Waals surface area contributed by atoms with E-state index in [9.17, 15) is 34.2 Å². The molecule has 11 nitrogen and oxygen atoms in total. The number of nitrogens with one attached hydrogen (secondary N) is 2. The van der Waals surface area contributed by atoms with Gasteiger partial charge in [-0.2, -0.15) is 12.6 Å². The third kappa shape index (κ3) is 6.87. The number of hydrogen-bond acceptors (Lipinski definition) is 7. The maximum atomic E-state index is 12.9. The van der Waals surface area contributed by atoms with Crippen LogP contribution in [0.4, 0.5) is 0 Å². The fourth-order valence-electron chi connectivity index (χ4n) is 3.17. The second-order valence-electron chi connectivity index (χ2n) is 7.35. The molecule has 5 unspecified atom stereocenters. The van der Waals surface area contributed by atoms with Crippen molar-refractivity contribution in [2.75, 3.05) is 12.3 Å². The molecule has 0 spiro atoms. The van der Waals surface area contributed by atoms with Crippen molar-refractivity contribution in [3.05, 3.63) is 0 Å². The van der Waals surface area contributed by atoms with Gasteiger partial charge in [0.25, 0.3) is 0 Å². The molecule has 12 heteroatoms. The molecule has 30 heavy (non-hydrogen) atoms. The molecule has 1 aliphatic rings. The van der Waals surface area contributed by atoms with E-state index in [-0.39, 0.29) is 24.6 Å². The maximum absolute atomic E-state index is 12.9. The first-order chi connectivity index (χ1) is 14.0. The third-order valence-corrected chi connectivity index (χ3v) is 5.53. The van der Waals surface area contributed by atoms with Gasteiger partial charge >= 0.3 is 11.9 Å². The molecule has 1 saturated heterocycles. The Labute approximate surface area is 180 Å². The number of amides is 3. The van der Waals surface area contributed by atoms with Crippen molar-refractivity contribution in [1.29, 1.82) is 0 Å². The highest BCUT2D eigenvalue weighted by Gasteiger charge is 2.39. The van der Waals surface area contributed by atoms with E-state index in [4.69, 9.17) is 5.73 Å². The van der Waals surface area contributed by atoms with Crippen molar-refractivity contribution in [3.63, 3.8) is 0 Å². The first kappa shape index (κ1) is 25.7. The Morgan fingerprint density at radius 3 is 2.30 bits per heavy atom. The minimum atomic E-state index is -1.46. The molecule has 170 valence electrons. The van der Waals surface area contributed by atoms with Crippen LogP contribution in [0.25, 0.3) is 0 Å². The highest BCUT2D eigenvalue weighted by Crippen LogP contribution is 2.19. The molecule has 6 N–H and O–H groups in total. The van der Waals surface area contributed by atoms with Crippen LogP contribution < -0.4 is 16.4 Å². The van der Waals surface area contributed by atoms with E-state index in [0.29, 0.717) is 12.8 Å². The highest BCUT2D eigenvalue weighted by molar-refractivity contribution is 7.80. The van der Waals surface area contributed by atoms with Gasteiger partial charge < -0.3 is 31.5 Å². The molecule has 0 aliphatic carbocycles. The van der Waals surface area contributed by atoms with Crippen LogP contribution in [0.15, 0.2) is 0 Å². The SMILES string of the molecule is CCC(C)C(NC(=O)C(N)CS)C(=O)NC(CC(=O)O)C(=O)N1CCCC1C(=O)O. The summed E-state index contributed by atoms with van der Waals surface area (Å²) in [5.41, 5.74) is 5.63. The lowest BCUT2D eigenvalue weighted by molar-refractivity contribution is -0.150. The van der Waals surface area contributed by atoms with Gasteiger partial charge in [0.2, 0.25) is 17.7 Å². The van der Waals surface area contributed by atoms with Crippen LogP contribution in [-0.2, 0) is 24.0 Å². The summed E-state index contributed by atoms with van der Waals surface area (Å²) in [6.45, 7) is 3.67. The van der Waals surface area contributed by atoms with Crippen LogP contribution >= 0.6 is 12.6 Å². The lowest BCUT2D eigenvalue weighted by Crippen LogP contribution is -2.59. The number of hydrogen-bond donors (Lipinski definition) is 6. The van der Waals surface area contributed by atoms with Gasteiger partial charge in [-0.25, -0.2) is 4.79 Å². The van der Waals surface area contributed by atoms with Crippen LogP contribution in [-0.4, -0.2) is 81.2 Å². The smallest absolute Gasteiger partial charge is 0.326 e. The van der Waals surface area contributed by atoms with Gasteiger partial charge in [-0.05, 0) is 18.8 Å². The summed E-state index contributed by atoms with van der Waals surface area (Å²) in [6, 6.07) is -4.52. The van der Waals surface area contributed by atoms with Crippen molar-refractivity contribution in [2.45, 2.75) is 63.7 Å². The van der Waals surface area contributed by atoms with Crippen LogP contribution in [0, 0.1) is 5.92 Å². The molecule has 1 aliphatic heterocycles. The largest absolute Gasteiger partial charge is 0.481 e. The van der Waals surface area contributed by atoms with E-state index in [1.807, 2.05) is 0 Å². The third-order valence-electron chi connectivity index (χ3n) is 5.14. The number of thiol groups is 1. The predicted molar refractivity (Wildman–Crippen MR) is 110 cm³/mol. The van der Waals surface area contributed by atoms with Gasteiger partial charge in [-0.15, -0.1) is 0 Å². The Morgan fingerprint density at radius 2 is 1.80 bits per heavy atom. The lowest BCUT2D eigenvalue weighted by Gasteiger charge is -2.29. The number of nitrogens with two attached hydrogens (primary N) is 1. The van der Waals surface area contributed by atoms with E-state index < -0.39 is 60.2 Å². The predicted octanol–water partition coefficient (Wildman–Crippen LogP) is -1.19. The van der Waals surface area contributed by atoms with Crippen molar-refractivity contribution in [3.8, 4) is 0 Å². The highest BCUT2D eigenvalue weighted by atomic mass is 32.1. The summed E-state index contributed by atoms with van der Waals surface area (Å²) < 4.78 is 0. The fraction of sp³-hybridized carbons (Fsp3) is 0.722. The number of carboxylic acids is 2. The summed E-state index contributed by atoms with van der Waals surface area (Å²) in [6.07, 6.45) is 0.509. The number of carboxylic acid groups (broad SMARTS) is 2. The molecule has 0 aromatic rings. The Hall–Kier alpha value is -2.34. The van der Waals surface area contributed by atoms with Crippen molar-refractivity contribution in [2.24, 2.45) is 11.7 Å². The van der Waals surface area contributed by atoms with Gasteiger partial charge in [0.1, 0.15) is 18.1 Å². The second kappa shape index (κ2) is 11.7. The van der Waals surface area contributed by atoms with E-state index in [1.165, 1.54) is 0 Å². The molecule has 1 heterocycles. The molecule has 0 saturated carbocycles. The molecule has 1 fully saturated rings. The zero-order valence-electron chi connectivity index (χ0n) is 17.0. The topological polar surface area (TPSA) is 179 Å². The molecular formula is C18H30N4O7S. The van der Waals surface area contributed by atoms with E-state index in [1.54, 1.807) is 13.8 Å². The van der Waals surface area contributed by atoms with Crippen LogP contribution in [0.3, 0.4) is 0 Å². The standard InChI is InChI=1S/C18H30N4O7S/c1-3-9(2)14(21-15(25)10(19)8-30)16(26)20-11(7-13(23)24)17(27)22-6-4-5-12(22)18(28)29/h9-12,14,30H,3-8,19H2,1-2H3,(H,20,26)(H,21,25)(H,23,24)(H,28,29).